The first-order valence-electron chi connectivity index (χ1n) is 5.44. The van der Waals surface area contributed by atoms with E-state index in [4.69, 9.17) is 0 Å². The van der Waals surface area contributed by atoms with Crippen molar-refractivity contribution in [3.05, 3.63) is 42.2 Å². The van der Waals surface area contributed by atoms with Crippen LogP contribution in [0.3, 0.4) is 0 Å². The molecule has 0 bridgehead atoms. The molecule has 1 rings (SSSR count). The lowest BCUT2D eigenvalue weighted by atomic mass is 10.1. The summed E-state index contributed by atoms with van der Waals surface area (Å²) in [6.45, 7) is 8.62. The Hall–Kier alpha value is -1.35. The number of likely N-dealkylation sites (N-methyl/N-ethyl adjacent to an activating group) is 1. The highest BCUT2D eigenvalue weighted by molar-refractivity contribution is 5.55. The monoisotopic (exact) mass is 223 g/mol. The Bertz CT molecular complexity index is 363. The van der Waals surface area contributed by atoms with E-state index < -0.39 is 6.10 Å². The molecular weight excluding hydrogens is 205 g/mol. The third-order valence-corrected chi connectivity index (χ3v) is 2.52. The van der Waals surface area contributed by atoms with E-state index in [-0.39, 0.29) is 5.82 Å². The summed E-state index contributed by atoms with van der Waals surface area (Å²) in [5, 5.41) is 9.61. The first-order valence-corrected chi connectivity index (χ1v) is 5.44. The molecule has 0 radical (unpaired) electrons. The van der Waals surface area contributed by atoms with Crippen molar-refractivity contribution in [2.75, 3.05) is 18.0 Å². The van der Waals surface area contributed by atoms with Crippen LogP contribution in [0.25, 0.3) is 0 Å². The van der Waals surface area contributed by atoms with Gasteiger partial charge in [0, 0.05) is 24.3 Å². The van der Waals surface area contributed by atoms with E-state index in [9.17, 15) is 9.50 Å². The third kappa shape index (κ3) is 2.61. The van der Waals surface area contributed by atoms with Crippen molar-refractivity contribution in [2.45, 2.75) is 20.0 Å². The summed E-state index contributed by atoms with van der Waals surface area (Å²) in [5.74, 6) is -0.366. The normalized spacial score (nSPS) is 12.2. The minimum Gasteiger partial charge on any atom is -0.389 e. The second-order valence-electron chi connectivity index (χ2n) is 3.68. The zero-order valence-electron chi connectivity index (χ0n) is 9.78. The van der Waals surface area contributed by atoms with Gasteiger partial charge in [0.05, 0.1) is 6.10 Å². The zero-order valence-corrected chi connectivity index (χ0v) is 9.78. The molecule has 88 valence electrons. The first-order chi connectivity index (χ1) is 7.61. The topological polar surface area (TPSA) is 23.5 Å². The maximum Gasteiger partial charge on any atom is 0.131 e. The highest BCUT2D eigenvalue weighted by atomic mass is 19.1. The molecule has 0 aliphatic rings. The highest BCUT2D eigenvalue weighted by Crippen LogP contribution is 2.28. The molecule has 0 aromatic heterocycles. The van der Waals surface area contributed by atoms with Crippen molar-refractivity contribution >= 4 is 5.69 Å². The van der Waals surface area contributed by atoms with Crippen molar-refractivity contribution in [1.29, 1.82) is 0 Å². The summed E-state index contributed by atoms with van der Waals surface area (Å²) in [5.41, 5.74) is 1.09. The molecule has 16 heavy (non-hydrogen) atoms. The molecule has 1 aromatic carbocycles. The standard InChI is InChI=1S/C13H18FNO/c1-4-9-15(5-2)12-8-6-7-11(14)13(12)10(3)16/h4,6-8,10,16H,1,5,9H2,2-3H3. The smallest absolute Gasteiger partial charge is 0.131 e. The molecule has 0 aliphatic heterocycles. The predicted octanol–water partition coefficient (Wildman–Crippen LogP) is 2.89. The number of hydrogen-bond donors (Lipinski definition) is 1. The molecular formula is C13H18FNO. The fraction of sp³-hybridized carbons (Fsp3) is 0.385. The SMILES string of the molecule is C=CCN(CC)c1cccc(F)c1C(C)O. The van der Waals surface area contributed by atoms with Gasteiger partial charge in [0.15, 0.2) is 0 Å². The van der Waals surface area contributed by atoms with E-state index >= 15 is 0 Å². The van der Waals surface area contributed by atoms with E-state index in [2.05, 4.69) is 6.58 Å². The quantitative estimate of drug-likeness (QED) is 0.776. The van der Waals surface area contributed by atoms with Crippen LogP contribution in [0, 0.1) is 5.82 Å². The number of anilines is 1. The van der Waals surface area contributed by atoms with E-state index in [1.54, 1.807) is 19.1 Å². The summed E-state index contributed by atoms with van der Waals surface area (Å²) in [7, 11) is 0. The molecule has 0 amide bonds. The van der Waals surface area contributed by atoms with Gasteiger partial charge in [-0.3, -0.25) is 0 Å². The van der Waals surface area contributed by atoms with Gasteiger partial charge in [-0.1, -0.05) is 12.1 Å². The van der Waals surface area contributed by atoms with Crippen molar-refractivity contribution in [3.8, 4) is 0 Å². The van der Waals surface area contributed by atoms with E-state index in [1.807, 2.05) is 17.9 Å². The molecule has 3 heteroatoms. The van der Waals surface area contributed by atoms with Gasteiger partial charge in [0.1, 0.15) is 5.82 Å². The molecule has 0 spiro atoms. The Morgan fingerprint density at radius 3 is 2.75 bits per heavy atom. The average Bonchev–Trinajstić information content (AvgIpc) is 2.25. The zero-order chi connectivity index (χ0) is 12.1. The number of nitrogens with zero attached hydrogens (tertiary/aromatic N) is 1. The predicted molar refractivity (Wildman–Crippen MR) is 65.1 cm³/mol. The van der Waals surface area contributed by atoms with Crippen molar-refractivity contribution in [2.24, 2.45) is 0 Å². The Balaban J connectivity index is 3.19. The lowest BCUT2D eigenvalue weighted by Gasteiger charge is -2.25. The summed E-state index contributed by atoms with van der Waals surface area (Å²) in [4.78, 5) is 1.97. The minimum absolute atomic E-state index is 0.353. The number of hydrogen-bond acceptors (Lipinski definition) is 2. The summed E-state index contributed by atoms with van der Waals surface area (Å²) >= 11 is 0. The van der Waals surface area contributed by atoms with Crippen LogP contribution >= 0.6 is 0 Å². The van der Waals surface area contributed by atoms with Crippen LogP contribution in [0.5, 0.6) is 0 Å². The molecule has 2 nitrogen and oxygen atoms in total. The Morgan fingerprint density at radius 2 is 2.25 bits per heavy atom. The molecule has 1 N–H and O–H groups in total. The van der Waals surface area contributed by atoms with Gasteiger partial charge in [0.25, 0.3) is 0 Å². The molecule has 0 heterocycles. The van der Waals surface area contributed by atoms with Gasteiger partial charge < -0.3 is 10.0 Å². The van der Waals surface area contributed by atoms with E-state index in [0.717, 1.165) is 12.2 Å². The van der Waals surface area contributed by atoms with Crippen LogP contribution in [0.4, 0.5) is 10.1 Å². The molecule has 0 fully saturated rings. The molecule has 0 aliphatic carbocycles. The number of benzene rings is 1. The summed E-state index contributed by atoms with van der Waals surface area (Å²) < 4.78 is 13.6. The lowest BCUT2D eigenvalue weighted by Crippen LogP contribution is -2.24. The second kappa shape index (κ2) is 5.66. The van der Waals surface area contributed by atoms with Crippen molar-refractivity contribution in [1.82, 2.24) is 0 Å². The molecule has 1 unspecified atom stereocenters. The third-order valence-electron chi connectivity index (χ3n) is 2.52. The Labute approximate surface area is 96.0 Å². The van der Waals surface area contributed by atoms with Crippen LogP contribution in [0.15, 0.2) is 30.9 Å². The second-order valence-corrected chi connectivity index (χ2v) is 3.68. The highest BCUT2D eigenvalue weighted by Gasteiger charge is 2.16. The van der Waals surface area contributed by atoms with Gasteiger partial charge in [0.2, 0.25) is 0 Å². The number of aliphatic hydroxyl groups excluding tert-OH is 1. The molecule has 1 aromatic rings. The number of halogens is 1. The number of aliphatic hydroxyl groups is 1. The van der Waals surface area contributed by atoms with Gasteiger partial charge in [-0.15, -0.1) is 6.58 Å². The minimum atomic E-state index is -0.810. The fourth-order valence-corrected chi connectivity index (χ4v) is 1.77. The fourth-order valence-electron chi connectivity index (χ4n) is 1.77. The molecule has 1 atom stereocenters. The Kier molecular flexibility index (Phi) is 4.50. The van der Waals surface area contributed by atoms with E-state index in [0.29, 0.717) is 12.1 Å². The van der Waals surface area contributed by atoms with Crippen LogP contribution in [0.1, 0.15) is 25.5 Å². The lowest BCUT2D eigenvalue weighted by molar-refractivity contribution is 0.194. The summed E-state index contributed by atoms with van der Waals surface area (Å²) in [6, 6.07) is 4.84. The van der Waals surface area contributed by atoms with Crippen LogP contribution < -0.4 is 4.90 Å². The van der Waals surface area contributed by atoms with Gasteiger partial charge >= 0.3 is 0 Å². The molecule has 0 saturated carbocycles. The first kappa shape index (κ1) is 12.7. The van der Waals surface area contributed by atoms with Gasteiger partial charge in [-0.25, -0.2) is 4.39 Å². The van der Waals surface area contributed by atoms with E-state index in [1.165, 1.54) is 6.07 Å². The largest absolute Gasteiger partial charge is 0.389 e. The van der Waals surface area contributed by atoms with Crippen LogP contribution in [-0.2, 0) is 0 Å². The van der Waals surface area contributed by atoms with Crippen LogP contribution in [-0.4, -0.2) is 18.2 Å². The van der Waals surface area contributed by atoms with Gasteiger partial charge in [-0.05, 0) is 26.0 Å². The maximum atomic E-state index is 13.6. The number of rotatable bonds is 5. The maximum absolute atomic E-state index is 13.6. The summed E-state index contributed by atoms with van der Waals surface area (Å²) in [6.07, 6.45) is 0.954. The van der Waals surface area contributed by atoms with Gasteiger partial charge in [-0.2, -0.15) is 0 Å². The van der Waals surface area contributed by atoms with Crippen molar-refractivity contribution < 1.29 is 9.50 Å². The van der Waals surface area contributed by atoms with Crippen molar-refractivity contribution in [3.63, 3.8) is 0 Å². The average molecular weight is 223 g/mol. The Morgan fingerprint density at radius 1 is 1.56 bits per heavy atom. The molecule has 0 saturated heterocycles. The van der Waals surface area contributed by atoms with Crippen LogP contribution in [0.2, 0.25) is 0 Å².